The molecular formula is C22H18Cl2F3N5O2. The lowest BCUT2D eigenvalue weighted by Gasteiger charge is -2.27. The fourth-order valence-corrected chi connectivity index (χ4v) is 3.98. The van der Waals surface area contributed by atoms with Crippen LogP contribution in [0.3, 0.4) is 0 Å². The number of rotatable bonds is 6. The molecule has 0 bridgehead atoms. The number of alkyl halides is 3. The Morgan fingerprint density at radius 3 is 2.44 bits per heavy atom. The minimum atomic E-state index is -4.66. The summed E-state index contributed by atoms with van der Waals surface area (Å²) < 4.78 is 45.6. The van der Waals surface area contributed by atoms with E-state index in [1.165, 1.54) is 6.20 Å². The van der Waals surface area contributed by atoms with E-state index in [1.807, 2.05) is 0 Å². The van der Waals surface area contributed by atoms with Gasteiger partial charge in [-0.05, 0) is 29.8 Å². The van der Waals surface area contributed by atoms with Crippen molar-refractivity contribution >= 4 is 46.6 Å². The van der Waals surface area contributed by atoms with Crippen LogP contribution in [0.4, 0.5) is 30.8 Å². The van der Waals surface area contributed by atoms with Crippen LogP contribution in [-0.4, -0.2) is 47.0 Å². The lowest BCUT2D eigenvalue weighted by Crippen LogP contribution is -2.37. The number of nitrogens with one attached hydrogen (secondary N) is 1. The van der Waals surface area contributed by atoms with Gasteiger partial charge in [0.1, 0.15) is 11.6 Å². The molecule has 3 heterocycles. The van der Waals surface area contributed by atoms with E-state index in [0.29, 0.717) is 31.9 Å². The molecule has 12 heteroatoms. The van der Waals surface area contributed by atoms with Crippen molar-refractivity contribution in [3.05, 3.63) is 69.5 Å². The number of halogens is 5. The summed E-state index contributed by atoms with van der Waals surface area (Å²) in [6.45, 7) is 1.49. The number of anilines is 3. The van der Waals surface area contributed by atoms with Crippen molar-refractivity contribution in [2.45, 2.75) is 12.6 Å². The summed E-state index contributed by atoms with van der Waals surface area (Å²) in [5, 5.41) is 3.26. The fraction of sp³-hybridized carbons (Fsp3) is 0.273. The van der Waals surface area contributed by atoms with E-state index >= 15 is 0 Å². The second-order valence-corrected chi connectivity index (χ2v) is 8.22. The van der Waals surface area contributed by atoms with E-state index in [4.69, 9.17) is 27.9 Å². The maximum absolute atomic E-state index is 13.5. The first-order chi connectivity index (χ1) is 16.2. The summed E-state index contributed by atoms with van der Waals surface area (Å²) in [5.74, 6) is -0.215. The van der Waals surface area contributed by atoms with Crippen LogP contribution in [0.25, 0.3) is 0 Å². The molecule has 2 aromatic heterocycles. The summed E-state index contributed by atoms with van der Waals surface area (Å²) in [4.78, 5) is 26.4. The predicted molar refractivity (Wildman–Crippen MR) is 122 cm³/mol. The molecule has 1 fully saturated rings. The maximum atomic E-state index is 13.5. The van der Waals surface area contributed by atoms with Crippen molar-refractivity contribution < 1.29 is 22.7 Å². The van der Waals surface area contributed by atoms with Gasteiger partial charge in [0.25, 0.3) is 0 Å². The van der Waals surface area contributed by atoms with Gasteiger partial charge in [0, 0.05) is 31.8 Å². The minimum Gasteiger partial charge on any atom is -0.378 e. The Morgan fingerprint density at radius 2 is 1.76 bits per heavy atom. The second kappa shape index (κ2) is 10.1. The van der Waals surface area contributed by atoms with Gasteiger partial charge in [-0.25, -0.2) is 9.97 Å². The highest BCUT2D eigenvalue weighted by atomic mass is 35.5. The number of nitrogens with zero attached hydrogens (tertiary/aromatic N) is 4. The summed E-state index contributed by atoms with van der Waals surface area (Å²) in [5.41, 5.74) is -0.305. The van der Waals surface area contributed by atoms with Gasteiger partial charge in [-0.1, -0.05) is 29.3 Å². The Morgan fingerprint density at radius 1 is 1.06 bits per heavy atom. The van der Waals surface area contributed by atoms with Gasteiger partial charge in [-0.15, -0.1) is 0 Å². The molecule has 0 radical (unpaired) electrons. The Kier molecular flexibility index (Phi) is 7.20. The summed E-state index contributed by atoms with van der Waals surface area (Å²) in [7, 11) is 0. The number of hydrogen-bond acceptors (Lipinski definition) is 7. The van der Waals surface area contributed by atoms with Gasteiger partial charge in [0.2, 0.25) is 5.95 Å². The largest absolute Gasteiger partial charge is 0.433 e. The van der Waals surface area contributed by atoms with Crippen LogP contribution in [0.5, 0.6) is 0 Å². The summed E-state index contributed by atoms with van der Waals surface area (Å²) in [6, 6.07) is 8.75. The number of Topliss-reactive ketones (excluding diaryl/α,β-unsaturated/α-hetero) is 1. The van der Waals surface area contributed by atoms with Crippen LogP contribution in [0.15, 0.2) is 42.6 Å². The highest BCUT2D eigenvalue weighted by Gasteiger charge is 2.34. The van der Waals surface area contributed by atoms with Crippen LogP contribution in [0, 0.1) is 0 Å². The van der Waals surface area contributed by atoms with Gasteiger partial charge < -0.3 is 15.0 Å². The van der Waals surface area contributed by atoms with Crippen molar-refractivity contribution in [1.82, 2.24) is 15.0 Å². The lowest BCUT2D eigenvalue weighted by molar-refractivity contribution is -0.141. The molecule has 1 N–H and O–H groups in total. The van der Waals surface area contributed by atoms with Crippen LogP contribution in [0.2, 0.25) is 10.0 Å². The van der Waals surface area contributed by atoms with Crippen molar-refractivity contribution in [1.29, 1.82) is 0 Å². The fourth-order valence-electron chi connectivity index (χ4n) is 3.37. The molecular weight excluding hydrogens is 494 g/mol. The van der Waals surface area contributed by atoms with Crippen molar-refractivity contribution in [3.8, 4) is 0 Å². The zero-order valence-electron chi connectivity index (χ0n) is 17.6. The number of benzene rings is 1. The van der Waals surface area contributed by atoms with Gasteiger partial charge in [0.05, 0.1) is 28.8 Å². The molecule has 3 aromatic rings. The molecule has 1 aliphatic heterocycles. The van der Waals surface area contributed by atoms with Gasteiger partial charge >= 0.3 is 6.18 Å². The summed E-state index contributed by atoms with van der Waals surface area (Å²) in [6.07, 6.45) is -3.25. The zero-order valence-corrected chi connectivity index (χ0v) is 19.1. The third-order valence-corrected chi connectivity index (χ3v) is 5.62. The smallest absolute Gasteiger partial charge is 0.378 e. The molecule has 0 amide bonds. The molecule has 0 atom stereocenters. The van der Waals surface area contributed by atoms with Crippen LogP contribution >= 0.6 is 23.2 Å². The van der Waals surface area contributed by atoms with Gasteiger partial charge in [0.15, 0.2) is 11.5 Å². The Labute approximate surface area is 202 Å². The Balaban J connectivity index is 1.58. The van der Waals surface area contributed by atoms with Crippen molar-refractivity contribution in [2.24, 2.45) is 0 Å². The molecule has 0 spiro atoms. The first kappa shape index (κ1) is 24.2. The molecule has 4 rings (SSSR count). The molecule has 34 heavy (non-hydrogen) atoms. The number of ketones is 1. The van der Waals surface area contributed by atoms with Crippen LogP contribution in [0.1, 0.15) is 21.6 Å². The number of hydrogen-bond donors (Lipinski definition) is 1. The predicted octanol–water partition coefficient (Wildman–Crippen LogP) is 5.20. The highest BCUT2D eigenvalue weighted by molar-refractivity contribution is 6.39. The number of aromatic nitrogens is 3. The standard InChI is InChI=1S/C22H18Cl2F3N5O2/c23-14-2-1-3-15(24)20(14)16(33)10-13-4-5-28-18(11-13)30-19-12-17(22(25,26)27)29-21(31-19)32-6-8-34-9-7-32/h1-5,11-12H,6-10H2,(H,28,29,30,31). The third kappa shape index (κ3) is 5.75. The molecule has 0 unspecified atom stereocenters. The average molecular weight is 512 g/mol. The topological polar surface area (TPSA) is 80.2 Å². The van der Waals surface area contributed by atoms with E-state index in [9.17, 15) is 18.0 Å². The van der Waals surface area contributed by atoms with Crippen molar-refractivity contribution in [2.75, 3.05) is 36.5 Å². The number of pyridine rings is 1. The van der Waals surface area contributed by atoms with E-state index in [2.05, 4.69) is 20.3 Å². The van der Waals surface area contributed by atoms with Gasteiger partial charge in [-0.3, -0.25) is 4.79 Å². The first-order valence-electron chi connectivity index (χ1n) is 10.2. The quantitative estimate of drug-likeness (QED) is 0.455. The Bertz CT molecular complexity index is 1180. The van der Waals surface area contributed by atoms with E-state index in [0.717, 1.165) is 6.07 Å². The molecule has 1 saturated heterocycles. The van der Waals surface area contributed by atoms with Gasteiger partial charge in [-0.2, -0.15) is 18.2 Å². The summed E-state index contributed by atoms with van der Waals surface area (Å²) >= 11 is 12.2. The highest BCUT2D eigenvalue weighted by Crippen LogP contribution is 2.31. The Hall–Kier alpha value is -2.95. The van der Waals surface area contributed by atoms with E-state index < -0.39 is 11.9 Å². The van der Waals surface area contributed by atoms with Crippen LogP contribution in [-0.2, 0) is 17.3 Å². The molecule has 1 aliphatic rings. The monoisotopic (exact) mass is 511 g/mol. The molecule has 7 nitrogen and oxygen atoms in total. The first-order valence-corrected chi connectivity index (χ1v) is 10.9. The van der Waals surface area contributed by atoms with E-state index in [-0.39, 0.29) is 45.4 Å². The SMILES string of the molecule is O=C(Cc1ccnc(Nc2cc(C(F)(F)F)nc(N3CCOCC3)n2)c1)c1c(Cl)cccc1Cl. The zero-order chi connectivity index (χ0) is 24.3. The minimum absolute atomic E-state index is 0.0305. The number of carbonyl (C=O) groups is 1. The molecule has 0 saturated carbocycles. The number of ether oxygens (including phenoxy) is 1. The lowest BCUT2D eigenvalue weighted by atomic mass is 10.0. The normalized spacial score (nSPS) is 14.2. The van der Waals surface area contributed by atoms with Crippen LogP contribution < -0.4 is 10.2 Å². The second-order valence-electron chi connectivity index (χ2n) is 7.41. The molecule has 1 aromatic carbocycles. The maximum Gasteiger partial charge on any atom is 0.433 e. The number of carbonyl (C=O) groups excluding carboxylic acids is 1. The van der Waals surface area contributed by atoms with Crippen molar-refractivity contribution in [3.63, 3.8) is 0 Å². The average Bonchev–Trinajstić information content (AvgIpc) is 2.79. The molecule has 178 valence electrons. The molecule has 0 aliphatic carbocycles. The van der Waals surface area contributed by atoms with E-state index in [1.54, 1.807) is 35.2 Å². The third-order valence-electron chi connectivity index (χ3n) is 4.99. The number of morpholine rings is 1.